The standard InChI is InChI=1S/C15H19NO5/c1-11-15(7-8-20-11,9-13(17)18)16-14(19)21-10-12-5-3-2-4-6-12/h2-6,11H,7-10H2,1H3,(H,16,19)(H,17,18). The minimum atomic E-state index is -0.976. The van der Waals surface area contributed by atoms with E-state index in [1.807, 2.05) is 30.3 Å². The number of carbonyl (C=O) groups excluding carboxylic acids is 1. The Morgan fingerprint density at radius 1 is 1.43 bits per heavy atom. The molecular formula is C15H19NO5. The number of hydrogen-bond donors (Lipinski definition) is 2. The molecule has 1 heterocycles. The van der Waals surface area contributed by atoms with Crippen LogP contribution in [0.15, 0.2) is 30.3 Å². The molecule has 1 fully saturated rings. The maximum Gasteiger partial charge on any atom is 0.408 e. The summed E-state index contributed by atoms with van der Waals surface area (Å²) < 4.78 is 10.5. The van der Waals surface area contributed by atoms with E-state index in [1.165, 1.54) is 0 Å². The maximum atomic E-state index is 11.9. The fourth-order valence-corrected chi connectivity index (χ4v) is 2.45. The first-order chi connectivity index (χ1) is 10.0. The number of nitrogens with one attached hydrogen (secondary N) is 1. The van der Waals surface area contributed by atoms with Gasteiger partial charge in [-0.1, -0.05) is 30.3 Å². The monoisotopic (exact) mass is 293 g/mol. The highest BCUT2D eigenvalue weighted by Crippen LogP contribution is 2.29. The average Bonchev–Trinajstić information content (AvgIpc) is 2.78. The Morgan fingerprint density at radius 3 is 2.71 bits per heavy atom. The molecule has 0 aliphatic carbocycles. The second-order valence-electron chi connectivity index (χ2n) is 5.18. The molecule has 2 unspecified atom stereocenters. The molecule has 0 radical (unpaired) electrons. The van der Waals surface area contributed by atoms with E-state index in [1.54, 1.807) is 6.92 Å². The summed E-state index contributed by atoms with van der Waals surface area (Å²) in [5, 5.41) is 11.7. The third-order valence-corrected chi connectivity index (χ3v) is 3.72. The summed E-state index contributed by atoms with van der Waals surface area (Å²) in [4.78, 5) is 22.9. The number of carboxylic acid groups (broad SMARTS) is 1. The van der Waals surface area contributed by atoms with Crippen molar-refractivity contribution in [1.82, 2.24) is 5.32 Å². The molecule has 1 aliphatic rings. The number of rotatable bonds is 5. The van der Waals surface area contributed by atoms with Gasteiger partial charge in [-0.05, 0) is 18.9 Å². The van der Waals surface area contributed by atoms with Gasteiger partial charge in [0.1, 0.15) is 6.61 Å². The Hall–Kier alpha value is -2.08. The van der Waals surface area contributed by atoms with Gasteiger partial charge in [-0.2, -0.15) is 0 Å². The van der Waals surface area contributed by atoms with E-state index < -0.39 is 17.6 Å². The van der Waals surface area contributed by atoms with E-state index in [0.717, 1.165) is 5.56 Å². The van der Waals surface area contributed by atoms with Crippen LogP contribution in [0.4, 0.5) is 4.79 Å². The van der Waals surface area contributed by atoms with Crippen molar-refractivity contribution in [1.29, 1.82) is 0 Å². The lowest BCUT2D eigenvalue weighted by Gasteiger charge is -2.31. The number of carbonyl (C=O) groups is 2. The van der Waals surface area contributed by atoms with Crippen LogP contribution in [-0.2, 0) is 20.9 Å². The Labute approximate surface area is 123 Å². The number of aliphatic carboxylic acids is 1. The number of ether oxygens (including phenoxy) is 2. The molecule has 0 aromatic heterocycles. The number of alkyl carbamates (subject to hydrolysis) is 1. The normalized spacial score (nSPS) is 24.5. The minimum Gasteiger partial charge on any atom is -0.481 e. The van der Waals surface area contributed by atoms with Gasteiger partial charge >= 0.3 is 12.1 Å². The second kappa shape index (κ2) is 6.58. The molecule has 2 N–H and O–H groups in total. The van der Waals surface area contributed by atoms with Gasteiger partial charge in [-0.3, -0.25) is 4.79 Å². The van der Waals surface area contributed by atoms with Gasteiger partial charge in [-0.25, -0.2) is 4.79 Å². The summed E-state index contributed by atoms with van der Waals surface area (Å²) in [5.41, 5.74) is -0.0322. The van der Waals surface area contributed by atoms with Crippen LogP contribution in [0.25, 0.3) is 0 Å². The first-order valence-corrected chi connectivity index (χ1v) is 6.84. The fraction of sp³-hybridized carbons (Fsp3) is 0.467. The zero-order chi connectivity index (χ0) is 15.3. The van der Waals surface area contributed by atoms with Crippen molar-refractivity contribution in [2.75, 3.05) is 6.61 Å². The van der Waals surface area contributed by atoms with Crippen LogP contribution in [0.1, 0.15) is 25.3 Å². The van der Waals surface area contributed by atoms with Crippen molar-refractivity contribution in [3.63, 3.8) is 0 Å². The van der Waals surface area contributed by atoms with E-state index in [0.29, 0.717) is 13.0 Å². The molecule has 0 saturated carbocycles. The Morgan fingerprint density at radius 2 is 2.14 bits per heavy atom. The Kier molecular flexibility index (Phi) is 4.80. The number of amides is 1. The van der Waals surface area contributed by atoms with Crippen LogP contribution in [0, 0.1) is 0 Å². The molecule has 1 aromatic rings. The van der Waals surface area contributed by atoms with Gasteiger partial charge in [0, 0.05) is 6.61 Å². The quantitative estimate of drug-likeness (QED) is 0.866. The highest BCUT2D eigenvalue weighted by atomic mass is 16.6. The SMILES string of the molecule is CC1OCCC1(CC(=O)O)NC(=O)OCc1ccccc1. The van der Waals surface area contributed by atoms with E-state index in [9.17, 15) is 9.59 Å². The molecule has 114 valence electrons. The van der Waals surface area contributed by atoms with E-state index >= 15 is 0 Å². The van der Waals surface area contributed by atoms with Crippen LogP contribution in [0.3, 0.4) is 0 Å². The topological polar surface area (TPSA) is 84.9 Å². The van der Waals surface area contributed by atoms with Crippen molar-refractivity contribution in [2.45, 2.75) is 38.0 Å². The lowest BCUT2D eigenvalue weighted by molar-refractivity contribution is -0.139. The van der Waals surface area contributed by atoms with Crippen molar-refractivity contribution in [3.05, 3.63) is 35.9 Å². The zero-order valence-corrected chi connectivity index (χ0v) is 11.9. The van der Waals surface area contributed by atoms with Crippen LogP contribution >= 0.6 is 0 Å². The molecule has 2 atom stereocenters. The van der Waals surface area contributed by atoms with E-state index in [4.69, 9.17) is 14.6 Å². The van der Waals surface area contributed by atoms with Crippen LogP contribution in [0.2, 0.25) is 0 Å². The predicted octanol–water partition coefficient (Wildman–Crippen LogP) is 1.94. The number of carboxylic acids is 1. The lowest BCUT2D eigenvalue weighted by Crippen LogP contribution is -2.54. The highest BCUT2D eigenvalue weighted by molar-refractivity contribution is 5.73. The second-order valence-corrected chi connectivity index (χ2v) is 5.18. The van der Waals surface area contributed by atoms with E-state index in [-0.39, 0.29) is 19.1 Å². The molecule has 1 amide bonds. The minimum absolute atomic E-state index is 0.144. The summed E-state index contributed by atoms with van der Waals surface area (Å²) in [6.07, 6.45) is -0.717. The van der Waals surface area contributed by atoms with Crippen molar-refractivity contribution < 1.29 is 24.2 Å². The summed E-state index contributed by atoms with van der Waals surface area (Å²) in [7, 11) is 0. The van der Waals surface area contributed by atoms with Gasteiger partial charge in [-0.15, -0.1) is 0 Å². The molecule has 6 heteroatoms. The third-order valence-electron chi connectivity index (χ3n) is 3.72. The molecule has 21 heavy (non-hydrogen) atoms. The van der Waals surface area contributed by atoms with Crippen LogP contribution < -0.4 is 5.32 Å². The van der Waals surface area contributed by atoms with Gasteiger partial charge in [0.05, 0.1) is 18.1 Å². The number of hydrogen-bond acceptors (Lipinski definition) is 4. The van der Waals surface area contributed by atoms with Gasteiger partial charge < -0.3 is 19.9 Å². The highest BCUT2D eigenvalue weighted by Gasteiger charge is 2.45. The van der Waals surface area contributed by atoms with Crippen molar-refractivity contribution >= 4 is 12.1 Å². The summed E-state index contributed by atoms with van der Waals surface area (Å²) in [6, 6.07) is 9.29. The molecule has 0 bridgehead atoms. The molecule has 1 saturated heterocycles. The van der Waals surface area contributed by atoms with Gasteiger partial charge in [0.15, 0.2) is 0 Å². The van der Waals surface area contributed by atoms with Crippen molar-refractivity contribution in [3.8, 4) is 0 Å². The fourth-order valence-electron chi connectivity index (χ4n) is 2.45. The van der Waals surface area contributed by atoms with Crippen LogP contribution in [-0.4, -0.2) is 35.4 Å². The Bertz CT molecular complexity index is 504. The lowest BCUT2D eigenvalue weighted by atomic mass is 9.88. The smallest absolute Gasteiger partial charge is 0.408 e. The largest absolute Gasteiger partial charge is 0.481 e. The number of benzene rings is 1. The summed E-state index contributed by atoms with van der Waals surface area (Å²) in [6.45, 7) is 2.33. The first-order valence-electron chi connectivity index (χ1n) is 6.84. The van der Waals surface area contributed by atoms with E-state index in [2.05, 4.69) is 5.32 Å². The van der Waals surface area contributed by atoms with Crippen molar-refractivity contribution in [2.24, 2.45) is 0 Å². The zero-order valence-electron chi connectivity index (χ0n) is 11.9. The summed E-state index contributed by atoms with van der Waals surface area (Å²) >= 11 is 0. The molecule has 1 aromatic carbocycles. The molecule has 0 spiro atoms. The maximum absolute atomic E-state index is 11.9. The molecular weight excluding hydrogens is 274 g/mol. The molecule has 6 nitrogen and oxygen atoms in total. The van der Waals surface area contributed by atoms with Gasteiger partial charge in [0.25, 0.3) is 0 Å². The predicted molar refractivity (Wildman–Crippen MR) is 74.8 cm³/mol. The third kappa shape index (κ3) is 3.95. The van der Waals surface area contributed by atoms with Crippen LogP contribution in [0.5, 0.6) is 0 Å². The first kappa shape index (κ1) is 15.3. The molecule has 2 rings (SSSR count). The van der Waals surface area contributed by atoms with Gasteiger partial charge in [0.2, 0.25) is 0 Å². The average molecular weight is 293 g/mol. The Balaban J connectivity index is 1.94. The summed E-state index contributed by atoms with van der Waals surface area (Å²) in [5.74, 6) is -0.976. The molecule has 1 aliphatic heterocycles.